The molecule has 1 N–H and O–H groups in total. The number of fused-ring (bicyclic) bond motifs is 1. The van der Waals surface area contributed by atoms with Gasteiger partial charge in [0.05, 0.1) is 17.3 Å². The van der Waals surface area contributed by atoms with Crippen molar-refractivity contribution in [1.29, 1.82) is 0 Å². The van der Waals surface area contributed by atoms with Crippen LogP contribution in [0.4, 0.5) is 13.2 Å². The van der Waals surface area contributed by atoms with Crippen LogP contribution in [0.3, 0.4) is 0 Å². The zero-order valence-electron chi connectivity index (χ0n) is 14.9. The predicted octanol–water partition coefficient (Wildman–Crippen LogP) is 2.73. The lowest BCUT2D eigenvalue weighted by atomic mass is 9.92. The number of rotatable bonds is 1. The van der Waals surface area contributed by atoms with Crippen molar-refractivity contribution in [2.75, 3.05) is 26.2 Å². The molecule has 2 fully saturated rings. The number of aromatic nitrogens is 2. The van der Waals surface area contributed by atoms with Crippen LogP contribution in [0.25, 0.3) is 0 Å². The molecule has 0 radical (unpaired) electrons. The fourth-order valence-corrected chi connectivity index (χ4v) is 3.88. The van der Waals surface area contributed by atoms with Gasteiger partial charge in [0.15, 0.2) is 5.69 Å². The normalized spacial score (nSPS) is 25.0. The Bertz CT molecular complexity index is 633. The van der Waals surface area contributed by atoms with Gasteiger partial charge in [-0.15, -0.1) is 0 Å². The van der Waals surface area contributed by atoms with E-state index in [0.29, 0.717) is 24.9 Å². The van der Waals surface area contributed by atoms with E-state index >= 15 is 0 Å². The van der Waals surface area contributed by atoms with Gasteiger partial charge in [-0.25, -0.2) is 0 Å². The zero-order chi connectivity index (χ0) is 18.4. The summed E-state index contributed by atoms with van der Waals surface area (Å²) in [6.07, 6.45) is -1.89. The third kappa shape index (κ3) is 3.54. The standard InChI is InChI=1S/C17H25F3N4O/c1-16(2,3)24-14(17(18,19)20)13(10-22-24)15(25)23-6-4-11-8-21-9-12(11)5-7-23/h10-12,21H,4-9H2,1-3H3/t11-,12+. The van der Waals surface area contributed by atoms with Crippen LogP contribution in [0, 0.1) is 11.8 Å². The van der Waals surface area contributed by atoms with Crippen LogP contribution in [-0.2, 0) is 11.7 Å². The van der Waals surface area contributed by atoms with Gasteiger partial charge in [-0.2, -0.15) is 18.3 Å². The molecule has 3 rings (SSSR count). The summed E-state index contributed by atoms with van der Waals surface area (Å²) in [6, 6.07) is 0. The lowest BCUT2D eigenvalue weighted by Crippen LogP contribution is -2.35. The minimum atomic E-state index is -4.62. The van der Waals surface area contributed by atoms with Gasteiger partial charge < -0.3 is 10.2 Å². The third-order valence-corrected chi connectivity index (χ3v) is 5.21. The first-order valence-electron chi connectivity index (χ1n) is 8.74. The van der Waals surface area contributed by atoms with Gasteiger partial charge in [0.2, 0.25) is 0 Å². The molecule has 0 unspecified atom stereocenters. The predicted molar refractivity (Wildman–Crippen MR) is 87.2 cm³/mol. The van der Waals surface area contributed by atoms with Gasteiger partial charge in [0, 0.05) is 13.1 Å². The summed E-state index contributed by atoms with van der Waals surface area (Å²) in [4.78, 5) is 14.4. The number of carbonyl (C=O) groups is 1. The van der Waals surface area contributed by atoms with E-state index in [1.807, 2.05) is 0 Å². The van der Waals surface area contributed by atoms with Gasteiger partial charge in [0.25, 0.3) is 5.91 Å². The Kier molecular flexibility index (Phi) is 4.59. The molecule has 2 atom stereocenters. The number of hydrogen-bond donors (Lipinski definition) is 1. The second kappa shape index (κ2) is 6.30. The molecule has 3 heterocycles. The second-order valence-corrected chi connectivity index (χ2v) is 8.04. The van der Waals surface area contributed by atoms with Gasteiger partial charge in [0.1, 0.15) is 0 Å². The molecular weight excluding hydrogens is 333 g/mol. The first-order valence-corrected chi connectivity index (χ1v) is 8.74. The highest BCUT2D eigenvalue weighted by molar-refractivity contribution is 5.95. The average Bonchev–Trinajstić information content (AvgIpc) is 3.08. The van der Waals surface area contributed by atoms with Crippen molar-refractivity contribution >= 4 is 5.91 Å². The summed E-state index contributed by atoms with van der Waals surface area (Å²) in [5, 5.41) is 7.24. The van der Waals surface area contributed by atoms with Crippen LogP contribution >= 0.6 is 0 Å². The maximum absolute atomic E-state index is 13.6. The molecule has 0 saturated carbocycles. The van der Waals surface area contributed by atoms with Crippen molar-refractivity contribution in [3.63, 3.8) is 0 Å². The quantitative estimate of drug-likeness (QED) is 0.840. The van der Waals surface area contributed by atoms with Crippen LogP contribution < -0.4 is 5.32 Å². The van der Waals surface area contributed by atoms with E-state index in [1.54, 1.807) is 25.7 Å². The van der Waals surface area contributed by atoms with Crippen molar-refractivity contribution in [3.05, 3.63) is 17.5 Å². The maximum Gasteiger partial charge on any atom is 0.433 e. The van der Waals surface area contributed by atoms with E-state index in [-0.39, 0.29) is 5.56 Å². The molecule has 25 heavy (non-hydrogen) atoms. The Hall–Kier alpha value is -1.57. The highest BCUT2D eigenvalue weighted by Crippen LogP contribution is 2.36. The Balaban J connectivity index is 1.88. The highest BCUT2D eigenvalue weighted by Gasteiger charge is 2.43. The lowest BCUT2D eigenvalue weighted by Gasteiger charge is -2.25. The molecule has 140 valence electrons. The average molecular weight is 358 g/mol. The Morgan fingerprint density at radius 2 is 1.72 bits per heavy atom. The molecule has 8 heteroatoms. The van der Waals surface area contributed by atoms with E-state index in [1.165, 1.54) is 0 Å². The van der Waals surface area contributed by atoms with E-state index in [0.717, 1.165) is 36.8 Å². The van der Waals surface area contributed by atoms with Crippen molar-refractivity contribution in [1.82, 2.24) is 20.0 Å². The summed E-state index contributed by atoms with van der Waals surface area (Å²) >= 11 is 0. The highest BCUT2D eigenvalue weighted by atomic mass is 19.4. The monoisotopic (exact) mass is 358 g/mol. The molecule has 1 aromatic rings. The topological polar surface area (TPSA) is 50.2 Å². The number of halogens is 3. The van der Waals surface area contributed by atoms with E-state index < -0.39 is 23.3 Å². The molecule has 0 aromatic carbocycles. The number of carbonyl (C=O) groups excluding carboxylic acids is 1. The Morgan fingerprint density at radius 1 is 1.16 bits per heavy atom. The molecule has 5 nitrogen and oxygen atoms in total. The summed E-state index contributed by atoms with van der Waals surface area (Å²) in [5.41, 5.74) is -2.14. The fourth-order valence-electron chi connectivity index (χ4n) is 3.88. The Labute approximate surface area is 145 Å². The SMILES string of the molecule is CC(C)(C)n1ncc(C(=O)N2CC[C@@H]3CNC[C@@H]3CC2)c1C(F)(F)F. The number of alkyl halides is 3. The van der Waals surface area contributed by atoms with E-state index in [4.69, 9.17) is 0 Å². The molecule has 0 bridgehead atoms. The van der Waals surface area contributed by atoms with Gasteiger partial charge in [-0.05, 0) is 58.5 Å². The zero-order valence-corrected chi connectivity index (χ0v) is 14.9. The van der Waals surface area contributed by atoms with E-state index in [2.05, 4.69) is 10.4 Å². The van der Waals surface area contributed by atoms with Crippen LogP contribution in [0.1, 0.15) is 49.7 Å². The Morgan fingerprint density at radius 3 is 2.20 bits per heavy atom. The summed E-state index contributed by atoms with van der Waals surface area (Å²) in [5.74, 6) is 0.463. The number of nitrogens with zero attached hydrogens (tertiary/aromatic N) is 3. The van der Waals surface area contributed by atoms with Gasteiger partial charge in [-0.1, -0.05) is 0 Å². The van der Waals surface area contributed by atoms with Crippen molar-refractivity contribution in [2.45, 2.75) is 45.3 Å². The van der Waals surface area contributed by atoms with Gasteiger partial charge >= 0.3 is 6.18 Å². The molecule has 0 aliphatic carbocycles. The van der Waals surface area contributed by atoms with Crippen LogP contribution in [0.5, 0.6) is 0 Å². The molecular formula is C17H25F3N4O. The largest absolute Gasteiger partial charge is 0.433 e. The summed E-state index contributed by atoms with van der Waals surface area (Å²) < 4.78 is 41.8. The first-order chi connectivity index (χ1) is 11.6. The first kappa shape index (κ1) is 18.2. The smallest absolute Gasteiger partial charge is 0.339 e. The molecule has 2 aliphatic rings. The van der Waals surface area contributed by atoms with Crippen LogP contribution in [0.2, 0.25) is 0 Å². The van der Waals surface area contributed by atoms with Crippen molar-refractivity contribution < 1.29 is 18.0 Å². The maximum atomic E-state index is 13.6. The van der Waals surface area contributed by atoms with Crippen LogP contribution in [0.15, 0.2) is 6.20 Å². The molecule has 2 saturated heterocycles. The fraction of sp³-hybridized carbons (Fsp3) is 0.765. The number of hydrogen-bond acceptors (Lipinski definition) is 3. The van der Waals surface area contributed by atoms with E-state index in [9.17, 15) is 18.0 Å². The minimum absolute atomic E-state index is 0.340. The third-order valence-electron chi connectivity index (χ3n) is 5.21. The lowest BCUT2D eigenvalue weighted by molar-refractivity contribution is -0.146. The van der Waals surface area contributed by atoms with Crippen LogP contribution in [-0.4, -0.2) is 46.8 Å². The van der Waals surface area contributed by atoms with Gasteiger partial charge in [-0.3, -0.25) is 9.48 Å². The number of nitrogens with one attached hydrogen (secondary N) is 1. The number of likely N-dealkylation sites (tertiary alicyclic amines) is 1. The van der Waals surface area contributed by atoms with Crippen molar-refractivity contribution in [3.8, 4) is 0 Å². The summed E-state index contributed by atoms with van der Waals surface area (Å²) in [6.45, 7) is 7.79. The summed E-state index contributed by atoms with van der Waals surface area (Å²) in [7, 11) is 0. The number of amides is 1. The minimum Gasteiger partial charge on any atom is -0.339 e. The molecule has 2 aliphatic heterocycles. The molecule has 1 aromatic heterocycles. The second-order valence-electron chi connectivity index (χ2n) is 8.04. The molecule has 0 spiro atoms. The van der Waals surface area contributed by atoms with Crippen molar-refractivity contribution in [2.24, 2.45) is 11.8 Å². The molecule has 1 amide bonds.